The van der Waals surface area contributed by atoms with Crippen molar-refractivity contribution in [2.24, 2.45) is 5.73 Å². The van der Waals surface area contributed by atoms with Gasteiger partial charge in [-0.25, -0.2) is 4.39 Å². The molecule has 0 aliphatic rings. The predicted molar refractivity (Wildman–Crippen MR) is 80.6 cm³/mol. The van der Waals surface area contributed by atoms with Crippen LogP contribution in [0.15, 0.2) is 46.9 Å². The minimum Gasteiger partial charge on any atom is -0.324 e. The number of hydrogen-bond donors (Lipinski definition) is 1. The molecule has 0 aromatic heterocycles. The topological polar surface area (TPSA) is 26.0 Å². The molecule has 0 aliphatic heterocycles. The molecule has 1 nitrogen and oxygen atoms in total. The normalized spacial score (nSPS) is 12.4. The van der Waals surface area contributed by atoms with Crippen LogP contribution in [0.25, 0.3) is 0 Å². The Bertz CT molecular complexity index is 568. The first-order valence-corrected chi connectivity index (χ1v) is 7.18. The van der Waals surface area contributed by atoms with Crippen LogP contribution in [0, 0.1) is 5.82 Å². The largest absolute Gasteiger partial charge is 0.324 e. The Balaban J connectivity index is 2.25. The molecule has 2 rings (SSSR count). The summed E-state index contributed by atoms with van der Waals surface area (Å²) < 4.78 is 14.2. The molecule has 0 spiro atoms. The molecule has 0 saturated carbocycles. The lowest BCUT2D eigenvalue weighted by Crippen LogP contribution is -2.15. The molecule has 1 atom stereocenters. The third kappa shape index (κ3) is 3.43. The first-order valence-electron chi connectivity index (χ1n) is 6.39. The van der Waals surface area contributed by atoms with Gasteiger partial charge < -0.3 is 5.73 Å². The van der Waals surface area contributed by atoms with Crippen molar-refractivity contribution < 1.29 is 4.39 Å². The minimum atomic E-state index is -0.228. The standard InChI is InChI=1S/C16H17BrFN/c1-2-11-5-3-4-6-14(11)16(19)10-12-9-13(18)7-8-15(12)17/h3-9,16H,2,10,19H2,1H3. The maximum absolute atomic E-state index is 13.3. The van der Waals surface area contributed by atoms with Gasteiger partial charge in [-0.3, -0.25) is 0 Å². The van der Waals surface area contributed by atoms with Crippen molar-refractivity contribution in [3.8, 4) is 0 Å². The van der Waals surface area contributed by atoms with Crippen LogP contribution >= 0.6 is 15.9 Å². The van der Waals surface area contributed by atoms with E-state index in [1.54, 1.807) is 12.1 Å². The van der Waals surface area contributed by atoms with Crippen LogP contribution in [-0.2, 0) is 12.8 Å². The first-order chi connectivity index (χ1) is 9.11. The Hall–Kier alpha value is -1.19. The molecule has 2 aromatic carbocycles. The summed E-state index contributed by atoms with van der Waals surface area (Å²) in [7, 11) is 0. The summed E-state index contributed by atoms with van der Waals surface area (Å²) in [5.41, 5.74) is 9.57. The van der Waals surface area contributed by atoms with Gasteiger partial charge in [0, 0.05) is 10.5 Å². The zero-order chi connectivity index (χ0) is 13.8. The molecule has 0 radical (unpaired) electrons. The maximum atomic E-state index is 13.3. The second kappa shape index (κ2) is 6.31. The quantitative estimate of drug-likeness (QED) is 0.887. The molecule has 2 N–H and O–H groups in total. The van der Waals surface area contributed by atoms with E-state index < -0.39 is 0 Å². The SMILES string of the molecule is CCc1ccccc1C(N)Cc1cc(F)ccc1Br. The van der Waals surface area contributed by atoms with Gasteiger partial charge in [0.15, 0.2) is 0 Å². The fraction of sp³-hybridized carbons (Fsp3) is 0.250. The number of nitrogens with two attached hydrogens (primary N) is 1. The molecule has 0 saturated heterocycles. The van der Waals surface area contributed by atoms with Crippen molar-refractivity contribution in [2.45, 2.75) is 25.8 Å². The van der Waals surface area contributed by atoms with E-state index in [0.717, 1.165) is 22.0 Å². The lowest BCUT2D eigenvalue weighted by molar-refractivity contribution is 0.621. The molecule has 0 aliphatic carbocycles. The van der Waals surface area contributed by atoms with Crippen molar-refractivity contribution in [3.05, 3.63) is 69.4 Å². The van der Waals surface area contributed by atoms with Crippen molar-refractivity contribution in [3.63, 3.8) is 0 Å². The highest BCUT2D eigenvalue weighted by Crippen LogP contribution is 2.25. The molecule has 1 unspecified atom stereocenters. The third-order valence-corrected chi connectivity index (χ3v) is 4.06. The van der Waals surface area contributed by atoms with Crippen LogP contribution < -0.4 is 5.73 Å². The molecule has 100 valence electrons. The summed E-state index contributed by atoms with van der Waals surface area (Å²) >= 11 is 3.44. The number of aryl methyl sites for hydroxylation is 1. The number of benzene rings is 2. The van der Waals surface area contributed by atoms with Crippen LogP contribution in [0.4, 0.5) is 4.39 Å². The van der Waals surface area contributed by atoms with Crippen LogP contribution in [0.5, 0.6) is 0 Å². The van der Waals surface area contributed by atoms with Crippen molar-refractivity contribution in [1.29, 1.82) is 0 Å². The maximum Gasteiger partial charge on any atom is 0.123 e. The molecule has 0 fully saturated rings. The lowest BCUT2D eigenvalue weighted by Gasteiger charge is -2.16. The zero-order valence-corrected chi connectivity index (χ0v) is 12.5. The van der Waals surface area contributed by atoms with E-state index in [0.29, 0.717) is 6.42 Å². The Morgan fingerprint density at radius 3 is 2.63 bits per heavy atom. The van der Waals surface area contributed by atoms with Crippen molar-refractivity contribution in [2.75, 3.05) is 0 Å². The molecule has 0 bridgehead atoms. The smallest absolute Gasteiger partial charge is 0.123 e. The summed E-state index contributed by atoms with van der Waals surface area (Å²) in [5, 5.41) is 0. The van der Waals surface area contributed by atoms with Crippen LogP contribution in [0.3, 0.4) is 0 Å². The Morgan fingerprint density at radius 1 is 1.16 bits per heavy atom. The fourth-order valence-electron chi connectivity index (χ4n) is 2.26. The first kappa shape index (κ1) is 14.2. The minimum absolute atomic E-state index is 0.116. The molecular weight excluding hydrogens is 305 g/mol. The average molecular weight is 322 g/mol. The Kier molecular flexibility index (Phi) is 4.72. The predicted octanol–water partition coefficient (Wildman–Crippen LogP) is 4.39. The highest BCUT2D eigenvalue weighted by atomic mass is 79.9. The van der Waals surface area contributed by atoms with E-state index in [4.69, 9.17) is 5.73 Å². The summed E-state index contributed by atoms with van der Waals surface area (Å²) in [6, 6.07) is 12.8. The van der Waals surface area contributed by atoms with E-state index >= 15 is 0 Å². The van der Waals surface area contributed by atoms with Gasteiger partial charge in [-0.05, 0) is 47.7 Å². The summed E-state index contributed by atoms with van der Waals surface area (Å²) in [6.45, 7) is 2.11. The van der Waals surface area contributed by atoms with E-state index in [2.05, 4.69) is 35.0 Å². The summed E-state index contributed by atoms with van der Waals surface area (Å²) in [6.07, 6.45) is 1.57. The van der Waals surface area contributed by atoms with Gasteiger partial charge in [-0.1, -0.05) is 47.1 Å². The van der Waals surface area contributed by atoms with Gasteiger partial charge in [-0.15, -0.1) is 0 Å². The van der Waals surface area contributed by atoms with Crippen molar-refractivity contribution >= 4 is 15.9 Å². The van der Waals surface area contributed by atoms with Crippen LogP contribution in [0.1, 0.15) is 29.7 Å². The Morgan fingerprint density at radius 2 is 1.89 bits per heavy atom. The van der Waals surface area contributed by atoms with Gasteiger partial charge in [0.1, 0.15) is 5.82 Å². The number of hydrogen-bond acceptors (Lipinski definition) is 1. The van der Waals surface area contributed by atoms with Gasteiger partial charge in [0.2, 0.25) is 0 Å². The fourth-order valence-corrected chi connectivity index (χ4v) is 2.67. The Labute approximate surface area is 121 Å². The zero-order valence-electron chi connectivity index (χ0n) is 10.9. The number of halogens is 2. The van der Waals surface area contributed by atoms with E-state index in [1.165, 1.54) is 11.6 Å². The van der Waals surface area contributed by atoms with Gasteiger partial charge in [0.25, 0.3) is 0 Å². The third-order valence-electron chi connectivity index (χ3n) is 3.28. The molecule has 0 heterocycles. The van der Waals surface area contributed by atoms with E-state index in [1.807, 2.05) is 12.1 Å². The molecule has 2 aromatic rings. The average Bonchev–Trinajstić information content (AvgIpc) is 2.42. The van der Waals surface area contributed by atoms with Crippen LogP contribution in [-0.4, -0.2) is 0 Å². The molecule has 3 heteroatoms. The van der Waals surface area contributed by atoms with Gasteiger partial charge in [-0.2, -0.15) is 0 Å². The van der Waals surface area contributed by atoms with Gasteiger partial charge in [0.05, 0.1) is 0 Å². The summed E-state index contributed by atoms with van der Waals surface area (Å²) in [5.74, 6) is -0.228. The summed E-state index contributed by atoms with van der Waals surface area (Å²) in [4.78, 5) is 0. The second-order valence-corrected chi connectivity index (χ2v) is 5.45. The molecular formula is C16H17BrFN. The monoisotopic (exact) mass is 321 g/mol. The van der Waals surface area contributed by atoms with Gasteiger partial charge >= 0.3 is 0 Å². The van der Waals surface area contributed by atoms with E-state index in [-0.39, 0.29) is 11.9 Å². The van der Waals surface area contributed by atoms with E-state index in [9.17, 15) is 4.39 Å². The highest BCUT2D eigenvalue weighted by molar-refractivity contribution is 9.10. The second-order valence-electron chi connectivity index (χ2n) is 4.60. The molecule has 0 amide bonds. The van der Waals surface area contributed by atoms with Crippen molar-refractivity contribution in [1.82, 2.24) is 0 Å². The molecule has 19 heavy (non-hydrogen) atoms. The number of rotatable bonds is 4. The van der Waals surface area contributed by atoms with Crippen LogP contribution in [0.2, 0.25) is 0 Å². The highest BCUT2D eigenvalue weighted by Gasteiger charge is 2.12. The lowest BCUT2D eigenvalue weighted by atomic mass is 9.94.